The summed E-state index contributed by atoms with van der Waals surface area (Å²) in [6.07, 6.45) is 0.893. The number of amides is 1. The third-order valence-electron chi connectivity index (χ3n) is 3.72. The van der Waals surface area contributed by atoms with E-state index in [1.807, 2.05) is 30.3 Å². The van der Waals surface area contributed by atoms with Crippen molar-refractivity contribution in [3.8, 4) is 5.75 Å². The summed E-state index contributed by atoms with van der Waals surface area (Å²) in [5.41, 5.74) is 1.45. The van der Waals surface area contributed by atoms with Crippen LogP contribution < -0.4 is 10.1 Å². The number of esters is 1. The molecule has 0 radical (unpaired) electrons. The molecular weight excluding hydrogens is 330 g/mol. The standard InChI is InChI=1S/C21H25NO4/c1-16(2)12-13-22-20(23)15-26-21(24)18-8-10-19(11-9-18)25-14-17-6-4-3-5-7-17/h3-11,16H,12-15H2,1-2H3,(H,22,23). The van der Waals surface area contributed by atoms with Gasteiger partial charge in [0.25, 0.3) is 5.91 Å². The Labute approximate surface area is 154 Å². The molecule has 0 spiro atoms. The highest BCUT2D eigenvalue weighted by molar-refractivity contribution is 5.91. The molecule has 0 heterocycles. The zero-order valence-electron chi connectivity index (χ0n) is 15.2. The maximum atomic E-state index is 12.0. The molecule has 2 rings (SSSR count). The number of ether oxygens (including phenoxy) is 2. The second-order valence-corrected chi connectivity index (χ2v) is 6.41. The van der Waals surface area contributed by atoms with Crippen molar-refractivity contribution >= 4 is 11.9 Å². The van der Waals surface area contributed by atoms with Gasteiger partial charge in [0.15, 0.2) is 6.61 Å². The maximum absolute atomic E-state index is 12.0. The molecule has 5 heteroatoms. The van der Waals surface area contributed by atoms with E-state index in [0.717, 1.165) is 12.0 Å². The summed E-state index contributed by atoms with van der Waals surface area (Å²) in [6.45, 7) is 4.94. The van der Waals surface area contributed by atoms with Crippen LogP contribution in [-0.4, -0.2) is 25.0 Å². The van der Waals surface area contributed by atoms with Crippen molar-refractivity contribution in [3.05, 3.63) is 65.7 Å². The first-order valence-corrected chi connectivity index (χ1v) is 8.75. The van der Waals surface area contributed by atoms with Crippen molar-refractivity contribution in [3.63, 3.8) is 0 Å². The van der Waals surface area contributed by atoms with E-state index < -0.39 is 5.97 Å². The summed E-state index contributed by atoms with van der Waals surface area (Å²) in [6, 6.07) is 16.5. The fraction of sp³-hybridized carbons (Fsp3) is 0.333. The summed E-state index contributed by atoms with van der Waals surface area (Å²) >= 11 is 0. The molecule has 1 amide bonds. The SMILES string of the molecule is CC(C)CCNC(=O)COC(=O)c1ccc(OCc2ccccc2)cc1. The third-order valence-corrected chi connectivity index (χ3v) is 3.72. The van der Waals surface area contributed by atoms with E-state index in [2.05, 4.69) is 19.2 Å². The minimum atomic E-state index is -0.529. The number of benzene rings is 2. The first-order valence-electron chi connectivity index (χ1n) is 8.75. The molecular formula is C21H25NO4. The van der Waals surface area contributed by atoms with Crippen molar-refractivity contribution in [2.75, 3.05) is 13.2 Å². The van der Waals surface area contributed by atoms with Gasteiger partial charge in [-0.15, -0.1) is 0 Å². The number of nitrogens with one attached hydrogen (secondary N) is 1. The Morgan fingerprint density at radius 3 is 2.35 bits per heavy atom. The maximum Gasteiger partial charge on any atom is 0.338 e. The van der Waals surface area contributed by atoms with Gasteiger partial charge in [-0.25, -0.2) is 4.79 Å². The van der Waals surface area contributed by atoms with Crippen molar-refractivity contribution in [1.29, 1.82) is 0 Å². The van der Waals surface area contributed by atoms with Crippen molar-refractivity contribution < 1.29 is 19.1 Å². The molecule has 0 saturated carbocycles. The van der Waals surface area contributed by atoms with Crippen LogP contribution in [-0.2, 0) is 16.1 Å². The molecule has 0 saturated heterocycles. The van der Waals surface area contributed by atoms with E-state index >= 15 is 0 Å². The van der Waals surface area contributed by atoms with Gasteiger partial charge >= 0.3 is 5.97 Å². The van der Waals surface area contributed by atoms with Gasteiger partial charge in [-0.2, -0.15) is 0 Å². The van der Waals surface area contributed by atoms with Crippen LogP contribution in [0.25, 0.3) is 0 Å². The van der Waals surface area contributed by atoms with E-state index in [0.29, 0.717) is 30.4 Å². The average Bonchev–Trinajstić information content (AvgIpc) is 2.65. The molecule has 0 aliphatic carbocycles. The van der Waals surface area contributed by atoms with E-state index in [1.165, 1.54) is 0 Å². The van der Waals surface area contributed by atoms with Gasteiger partial charge in [0.05, 0.1) is 5.56 Å². The fourth-order valence-corrected chi connectivity index (χ4v) is 2.19. The van der Waals surface area contributed by atoms with E-state index in [4.69, 9.17) is 9.47 Å². The predicted octanol–water partition coefficient (Wildman–Crippen LogP) is 3.58. The van der Waals surface area contributed by atoms with Crippen molar-refractivity contribution in [2.45, 2.75) is 26.9 Å². The van der Waals surface area contributed by atoms with Gasteiger partial charge in [-0.1, -0.05) is 44.2 Å². The van der Waals surface area contributed by atoms with Crippen LogP contribution in [0.5, 0.6) is 5.75 Å². The predicted molar refractivity (Wildman–Crippen MR) is 100.0 cm³/mol. The smallest absolute Gasteiger partial charge is 0.338 e. The van der Waals surface area contributed by atoms with Crippen molar-refractivity contribution in [1.82, 2.24) is 5.32 Å². The highest BCUT2D eigenvalue weighted by atomic mass is 16.5. The molecule has 138 valence electrons. The fourth-order valence-electron chi connectivity index (χ4n) is 2.19. The lowest BCUT2D eigenvalue weighted by atomic mass is 10.1. The van der Waals surface area contributed by atoms with E-state index in [1.54, 1.807) is 24.3 Å². The number of hydrogen-bond acceptors (Lipinski definition) is 4. The summed E-state index contributed by atoms with van der Waals surface area (Å²) in [7, 11) is 0. The van der Waals surface area contributed by atoms with Crippen LogP contribution in [0.3, 0.4) is 0 Å². The van der Waals surface area contributed by atoms with Gasteiger partial charge in [-0.3, -0.25) is 4.79 Å². The molecule has 5 nitrogen and oxygen atoms in total. The van der Waals surface area contributed by atoms with Crippen LogP contribution in [0, 0.1) is 5.92 Å². The van der Waals surface area contributed by atoms with Gasteiger partial charge in [0.2, 0.25) is 0 Å². The highest BCUT2D eigenvalue weighted by Gasteiger charge is 2.10. The Hall–Kier alpha value is -2.82. The van der Waals surface area contributed by atoms with Gasteiger partial charge in [0.1, 0.15) is 12.4 Å². The second-order valence-electron chi connectivity index (χ2n) is 6.41. The Bertz CT molecular complexity index is 696. The zero-order valence-corrected chi connectivity index (χ0v) is 15.2. The van der Waals surface area contributed by atoms with Crippen LogP contribution in [0.15, 0.2) is 54.6 Å². The van der Waals surface area contributed by atoms with Gasteiger partial charge in [0, 0.05) is 6.54 Å². The molecule has 2 aromatic rings. The Kier molecular flexibility index (Phi) is 7.68. The van der Waals surface area contributed by atoms with Crippen LogP contribution >= 0.6 is 0 Å². The molecule has 0 aromatic heterocycles. The lowest BCUT2D eigenvalue weighted by Gasteiger charge is -2.09. The molecule has 0 bridgehead atoms. The second kappa shape index (κ2) is 10.2. The molecule has 0 fully saturated rings. The molecule has 0 unspecified atom stereocenters. The Balaban J connectivity index is 1.74. The summed E-state index contributed by atoms with van der Waals surface area (Å²) in [4.78, 5) is 23.6. The topological polar surface area (TPSA) is 64.6 Å². The minimum absolute atomic E-state index is 0.275. The number of rotatable bonds is 9. The third kappa shape index (κ3) is 6.97. The number of carbonyl (C=O) groups is 2. The highest BCUT2D eigenvalue weighted by Crippen LogP contribution is 2.15. The lowest BCUT2D eigenvalue weighted by Crippen LogP contribution is -2.30. The van der Waals surface area contributed by atoms with E-state index in [-0.39, 0.29) is 12.5 Å². The average molecular weight is 355 g/mol. The Morgan fingerprint density at radius 2 is 1.69 bits per heavy atom. The normalized spacial score (nSPS) is 10.4. The quantitative estimate of drug-likeness (QED) is 0.698. The minimum Gasteiger partial charge on any atom is -0.489 e. The van der Waals surface area contributed by atoms with Gasteiger partial charge in [-0.05, 0) is 42.2 Å². The summed E-state index contributed by atoms with van der Waals surface area (Å²) in [5, 5.41) is 2.73. The van der Waals surface area contributed by atoms with Gasteiger partial charge < -0.3 is 14.8 Å². The lowest BCUT2D eigenvalue weighted by molar-refractivity contribution is -0.124. The number of carbonyl (C=O) groups excluding carboxylic acids is 2. The largest absolute Gasteiger partial charge is 0.489 e. The first kappa shape index (κ1) is 19.5. The molecule has 0 aliphatic heterocycles. The first-order chi connectivity index (χ1) is 12.5. The van der Waals surface area contributed by atoms with Crippen molar-refractivity contribution in [2.24, 2.45) is 5.92 Å². The van der Waals surface area contributed by atoms with E-state index in [9.17, 15) is 9.59 Å². The zero-order chi connectivity index (χ0) is 18.8. The molecule has 0 aliphatic rings. The monoisotopic (exact) mass is 355 g/mol. The molecule has 1 N–H and O–H groups in total. The Morgan fingerprint density at radius 1 is 1.00 bits per heavy atom. The van der Waals surface area contributed by atoms with Crippen LogP contribution in [0.1, 0.15) is 36.2 Å². The molecule has 0 atom stereocenters. The summed E-state index contributed by atoms with van der Waals surface area (Å²) < 4.78 is 10.7. The molecule has 26 heavy (non-hydrogen) atoms. The van der Waals surface area contributed by atoms with Crippen LogP contribution in [0.2, 0.25) is 0 Å². The molecule has 2 aromatic carbocycles. The summed E-state index contributed by atoms with van der Waals surface area (Å²) in [5.74, 6) is 0.359. The van der Waals surface area contributed by atoms with Crippen LogP contribution in [0.4, 0.5) is 0 Å². The number of hydrogen-bond donors (Lipinski definition) is 1.